The third kappa shape index (κ3) is 3.40. The second-order valence-electron chi connectivity index (χ2n) is 8.66. The van der Waals surface area contributed by atoms with Crippen LogP contribution >= 0.6 is 0 Å². The fourth-order valence-corrected chi connectivity index (χ4v) is 4.60. The van der Waals surface area contributed by atoms with E-state index in [1.54, 1.807) is 29.8 Å². The third-order valence-corrected chi connectivity index (χ3v) is 6.39. The second-order valence-corrected chi connectivity index (χ2v) is 8.66. The summed E-state index contributed by atoms with van der Waals surface area (Å²) in [5.41, 5.74) is 3.35. The lowest BCUT2D eigenvalue weighted by Crippen LogP contribution is -2.48. The number of ether oxygens (including phenoxy) is 1. The number of rotatable bonds is 4. The van der Waals surface area contributed by atoms with Crippen molar-refractivity contribution in [2.24, 2.45) is 0 Å². The molecule has 174 valence electrons. The van der Waals surface area contributed by atoms with E-state index in [0.717, 1.165) is 21.8 Å². The molecule has 3 aromatic rings. The number of carbonyl (C=O) groups is 3. The number of urea groups is 1. The van der Waals surface area contributed by atoms with Crippen LogP contribution in [0.2, 0.25) is 0 Å². The van der Waals surface area contributed by atoms with Gasteiger partial charge in [-0.25, -0.2) is 9.48 Å². The first-order valence-corrected chi connectivity index (χ1v) is 11.1. The van der Waals surface area contributed by atoms with Crippen LogP contribution in [0.25, 0.3) is 5.69 Å². The Morgan fingerprint density at radius 3 is 2.62 bits per heavy atom. The van der Waals surface area contributed by atoms with Crippen molar-refractivity contribution in [2.45, 2.75) is 32.7 Å². The van der Waals surface area contributed by atoms with Crippen molar-refractivity contribution < 1.29 is 19.1 Å². The molecule has 1 fully saturated rings. The first kappa shape index (κ1) is 21.7. The van der Waals surface area contributed by atoms with E-state index in [9.17, 15) is 14.4 Å². The van der Waals surface area contributed by atoms with Crippen molar-refractivity contribution in [3.8, 4) is 11.4 Å². The highest BCUT2D eigenvalue weighted by molar-refractivity contribution is 6.10. The van der Waals surface area contributed by atoms with Crippen molar-refractivity contribution >= 4 is 23.5 Å². The fraction of sp³-hybridized carbons (Fsp3) is 0.280. The van der Waals surface area contributed by atoms with Crippen molar-refractivity contribution in [2.75, 3.05) is 18.5 Å². The van der Waals surface area contributed by atoms with Gasteiger partial charge in [-0.3, -0.25) is 14.5 Å². The van der Waals surface area contributed by atoms with Crippen molar-refractivity contribution in [3.63, 3.8) is 0 Å². The molecule has 0 radical (unpaired) electrons. The van der Waals surface area contributed by atoms with Crippen LogP contribution in [-0.4, -0.2) is 45.7 Å². The van der Waals surface area contributed by atoms with Gasteiger partial charge in [0, 0.05) is 12.0 Å². The zero-order chi connectivity index (χ0) is 24.0. The molecule has 2 aromatic carbocycles. The maximum atomic E-state index is 13.4. The van der Waals surface area contributed by atoms with Gasteiger partial charge in [-0.1, -0.05) is 35.9 Å². The van der Waals surface area contributed by atoms with Crippen LogP contribution in [0.1, 0.15) is 28.9 Å². The van der Waals surface area contributed by atoms with Gasteiger partial charge in [0.1, 0.15) is 12.3 Å². The van der Waals surface area contributed by atoms with Crippen LogP contribution in [0, 0.1) is 20.8 Å². The SMILES string of the molecule is Cc1ccc(-n2nc(C)c(NC(=O)CN3C(=O)N[C@@]4(CCOc5ccccc54)C3=O)c2C)cc1. The number of anilines is 1. The molecule has 1 atom stereocenters. The number of aromatic nitrogens is 2. The summed E-state index contributed by atoms with van der Waals surface area (Å²) in [6, 6.07) is 14.4. The first-order valence-electron chi connectivity index (χ1n) is 11.1. The maximum Gasteiger partial charge on any atom is 0.325 e. The number of fused-ring (bicyclic) bond motifs is 2. The summed E-state index contributed by atoms with van der Waals surface area (Å²) >= 11 is 0. The Balaban J connectivity index is 1.36. The predicted octanol–water partition coefficient (Wildman–Crippen LogP) is 2.97. The molecule has 4 amide bonds. The van der Waals surface area contributed by atoms with Crippen LogP contribution in [0.5, 0.6) is 5.75 Å². The molecule has 2 aliphatic heterocycles. The zero-order valence-corrected chi connectivity index (χ0v) is 19.2. The van der Waals surface area contributed by atoms with Gasteiger partial charge in [-0.05, 0) is 39.0 Å². The largest absolute Gasteiger partial charge is 0.493 e. The van der Waals surface area contributed by atoms with Gasteiger partial charge in [0.15, 0.2) is 5.54 Å². The molecule has 34 heavy (non-hydrogen) atoms. The summed E-state index contributed by atoms with van der Waals surface area (Å²) in [6.45, 7) is 5.56. The molecule has 3 heterocycles. The maximum absolute atomic E-state index is 13.4. The van der Waals surface area contributed by atoms with E-state index in [4.69, 9.17) is 4.74 Å². The van der Waals surface area contributed by atoms with Gasteiger partial charge >= 0.3 is 6.03 Å². The van der Waals surface area contributed by atoms with Gasteiger partial charge in [0.25, 0.3) is 5.91 Å². The highest BCUT2D eigenvalue weighted by atomic mass is 16.5. The number of hydrogen-bond acceptors (Lipinski definition) is 5. The minimum Gasteiger partial charge on any atom is -0.493 e. The lowest BCUT2D eigenvalue weighted by molar-refractivity contribution is -0.135. The Kier molecular flexibility index (Phi) is 5.11. The lowest BCUT2D eigenvalue weighted by Gasteiger charge is -2.33. The fourth-order valence-electron chi connectivity index (χ4n) is 4.60. The van der Waals surface area contributed by atoms with E-state index in [-0.39, 0.29) is 0 Å². The van der Waals surface area contributed by atoms with Gasteiger partial charge in [-0.2, -0.15) is 5.10 Å². The Morgan fingerprint density at radius 2 is 1.85 bits per heavy atom. The Morgan fingerprint density at radius 1 is 1.12 bits per heavy atom. The van der Waals surface area contributed by atoms with E-state index < -0.39 is 29.9 Å². The number of aryl methyl sites for hydroxylation is 2. The molecule has 1 spiro atoms. The molecule has 2 N–H and O–H groups in total. The van der Waals surface area contributed by atoms with Gasteiger partial charge < -0.3 is 15.4 Å². The number of nitrogens with zero attached hydrogens (tertiary/aromatic N) is 3. The van der Waals surface area contributed by atoms with Crippen molar-refractivity contribution in [1.29, 1.82) is 0 Å². The van der Waals surface area contributed by atoms with E-state index in [0.29, 0.717) is 35.7 Å². The molecule has 5 rings (SSSR count). The summed E-state index contributed by atoms with van der Waals surface area (Å²) in [6.07, 6.45) is 0.300. The number of para-hydroxylation sites is 1. The van der Waals surface area contributed by atoms with E-state index in [1.165, 1.54) is 0 Å². The minimum atomic E-state index is -1.21. The smallest absolute Gasteiger partial charge is 0.325 e. The number of amides is 4. The summed E-state index contributed by atoms with van der Waals surface area (Å²) < 4.78 is 7.41. The molecule has 0 aliphatic carbocycles. The summed E-state index contributed by atoms with van der Waals surface area (Å²) in [4.78, 5) is 40.0. The van der Waals surface area contributed by atoms with Crippen LogP contribution in [0.15, 0.2) is 48.5 Å². The highest BCUT2D eigenvalue weighted by Gasteiger charge is 2.55. The zero-order valence-electron chi connectivity index (χ0n) is 19.2. The molecule has 1 saturated heterocycles. The Labute approximate surface area is 196 Å². The van der Waals surface area contributed by atoms with Crippen LogP contribution in [0.3, 0.4) is 0 Å². The average Bonchev–Trinajstić information content (AvgIpc) is 3.23. The number of hydrogen-bond donors (Lipinski definition) is 2. The van der Waals surface area contributed by atoms with Crippen molar-refractivity contribution in [3.05, 3.63) is 71.0 Å². The van der Waals surface area contributed by atoms with Crippen LogP contribution < -0.4 is 15.4 Å². The summed E-state index contributed by atoms with van der Waals surface area (Å²) in [7, 11) is 0. The molecule has 9 heteroatoms. The standard InChI is InChI=1S/C25H25N5O4/c1-15-8-10-18(11-9-15)30-17(3)22(16(2)28-30)26-21(31)14-29-23(32)25(27-24(29)33)12-13-34-20-7-5-4-6-19(20)25/h4-11H,12-14H2,1-3H3,(H,26,31)(H,27,33)/t25-/m1/s1. The molecule has 0 bridgehead atoms. The Hall–Kier alpha value is -4.14. The predicted molar refractivity (Wildman–Crippen MR) is 125 cm³/mol. The van der Waals surface area contributed by atoms with Crippen molar-refractivity contribution in [1.82, 2.24) is 20.0 Å². The number of nitrogens with one attached hydrogen (secondary N) is 2. The molecule has 0 unspecified atom stereocenters. The van der Waals surface area contributed by atoms with Crippen LogP contribution in [0.4, 0.5) is 10.5 Å². The number of benzene rings is 2. The number of carbonyl (C=O) groups excluding carboxylic acids is 3. The Bertz CT molecular complexity index is 1310. The van der Waals surface area contributed by atoms with Gasteiger partial charge in [0.2, 0.25) is 5.91 Å². The van der Waals surface area contributed by atoms with E-state index in [1.807, 2.05) is 44.2 Å². The average molecular weight is 460 g/mol. The third-order valence-electron chi connectivity index (χ3n) is 6.39. The van der Waals surface area contributed by atoms with Crippen LogP contribution in [-0.2, 0) is 15.1 Å². The monoisotopic (exact) mass is 459 g/mol. The second kappa shape index (κ2) is 8.02. The molecule has 9 nitrogen and oxygen atoms in total. The molecule has 2 aliphatic rings. The topological polar surface area (TPSA) is 106 Å². The lowest BCUT2D eigenvalue weighted by atomic mass is 9.84. The molecular formula is C25H25N5O4. The number of imide groups is 1. The first-order chi connectivity index (χ1) is 16.3. The van der Waals surface area contributed by atoms with E-state index >= 15 is 0 Å². The van der Waals surface area contributed by atoms with Gasteiger partial charge in [-0.15, -0.1) is 0 Å². The minimum absolute atomic E-state index is 0.291. The molecule has 0 saturated carbocycles. The normalized spacial score (nSPS) is 19.1. The quantitative estimate of drug-likeness (QED) is 0.584. The van der Waals surface area contributed by atoms with E-state index in [2.05, 4.69) is 15.7 Å². The summed E-state index contributed by atoms with van der Waals surface area (Å²) in [5.74, 6) is -0.369. The van der Waals surface area contributed by atoms with Gasteiger partial charge in [0.05, 0.1) is 29.4 Å². The highest BCUT2D eigenvalue weighted by Crippen LogP contribution is 2.40. The summed E-state index contributed by atoms with van der Waals surface area (Å²) in [5, 5.41) is 10.2. The molecular weight excluding hydrogens is 434 g/mol. The molecule has 1 aromatic heterocycles.